The van der Waals surface area contributed by atoms with Crippen molar-refractivity contribution in [1.29, 1.82) is 0 Å². The van der Waals surface area contributed by atoms with Gasteiger partial charge in [0.25, 0.3) is 5.91 Å². The molecule has 0 unspecified atom stereocenters. The van der Waals surface area contributed by atoms with Crippen molar-refractivity contribution < 1.29 is 28.2 Å². The summed E-state index contributed by atoms with van der Waals surface area (Å²) in [6, 6.07) is 1.34. The van der Waals surface area contributed by atoms with Gasteiger partial charge in [-0.25, -0.2) is 13.6 Å². The van der Waals surface area contributed by atoms with Crippen LogP contribution in [0.4, 0.5) is 8.78 Å². The van der Waals surface area contributed by atoms with Gasteiger partial charge in [0.15, 0.2) is 6.04 Å². The topological polar surface area (TPSA) is 70.1 Å². The number of halogens is 2. The molecule has 2 fully saturated rings. The summed E-state index contributed by atoms with van der Waals surface area (Å²) in [4.78, 5) is 27.5. The molecule has 8 heteroatoms. The van der Waals surface area contributed by atoms with Crippen LogP contribution in [0.15, 0.2) is 18.2 Å². The molecular weight excluding hydrogens is 322 g/mol. The van der Waals surface area contributed by atoms with Gasteiger partial charge in [-0.15, -0.1) is 0 Å². The van der Waals surface area contributed by atoms with Gasteiger partial charge >= 0.3 is 5.97 Å². The lowest BCUT2D eigenvalue weighted by Gasteiger charge is -2.43. The van der Waals surface area contributed by atoms with E-state index in [0.717, 1.165) is 23.1 Å². The van der Waals surface area contributed by atoms with Crippen LogP contribution >= 0.6 is 0 Å². The first kappa shape index (κ1) is 16.8. The molecule has 2 aliphatic rings. The molecule has 3 rings (SSSR count). The highest BCUT2D eigenvalue weighted by molar-refractivity contribution is 5.97. The average molecular weight is 340 g/mol. The monoisotopic (exact) mass is 340 g/mol. The van der Waals surface area contributed by atoms with E-state index in [4.69, 9.17) is 4.74 Å². The van der Waals surface area contributed by atoms with E-state index < -0.39 is 40.8 Å². The van der Waals surface area contributed by atoms with Crippen LogP contribution in [0.2, 0.25) is 0 Å². The minimum absolute atomic E-state index is 0.165. The summed E-state index contributed by atoms with van der Waals surface area (Å²) in [6.07, 6.45) is 0.825. The Hall–Kier alpha value is -2.06. The molecule has 1 atom stereocenters. The first-order chi connectivity index (χ1) is 11.3. The molecule has 0 radical (unpaired) electrons. The van der Waals surface area contributed by atoms with Crippen LogP contribution in [0.1, 0.15) is 23.2 Å². The predicted molar refractivity (Wildman–Crippen MR) is 79.4 cm³/mol. The van der Waals surface area contributed by atoms with Gasteiger partial charge in [0.05, 0.1) is 12.2 Å². The van der Waals surface area contributed by atoms with Crippen molar-refractivity contribution in [3.8, 4) is 0 Å². The summed E-state index contributed by atoms with van der Waals surface area (Å²) in [5.41, 5.74) is -1.57. The summed E-state index contributed by atoms with van der Waals surface area (Å²) in [7, 11) is 1.91. The number of amides is 1. The molecule has 130 valence electrons. The SMILES string of the molecule is CN1CCC2(CC1)OC[C@@H](C(=O)O)N2C(=O)c1cc(F)ccc1F. The molecule has 6 nitrogen and oxygen atoms in total. The lowest BCUT2D eigenvalue weighted by Crippen LogP contribution is -2.57. The molecule has 2 aliphatic heterocycles. The number of benzene rings is 1. The lowest BCUT2D eigenvalue weighted by molar-refractivity contribution is -0.143. The van der Waals surface area contributed by atoms with Crippen molar-refractivity contribution in [2.45, 2.75) is 24.6 Å². The van der Waals surface area contributed by atoms with Crippen molar-refractivity contribution in [1.82, 2.24) is 9.80 Å². The molecule has 0 bridgehead atoms. The van der Waals surface area contributed by atoms with E-state index in [1.165, 1.54) is 0 Å². The van der Waals surface area contributed by atoms with Crippen LogP contribution in [-0.2, 0) is 9.53 Å². The summed E-state index contributed by atoms with van der Waals surface area (Å²) in [6.45, 7) is 1.06. The second-order valence-corrected chi connectivity index (χ2v) is 6.21. The number of hydrogen-bond acceptors (Lipinski definition) is 4. The van der Waals surface area contributed by atoms with Gasteiger partial charge in [-0.05, 0) is 25.2 Å². The van der Waals surface area contributed by atoms with Crippen molar-refractivity contribution >= 4 is 11.9 Å². The normalized spacial score (nSPS) is 23.6. The maximum Gasteiger partial charge on any atom is 0.328 e. The van der Waals surface area contributed by atoms with E-state index >= 15 is 0 Å². The Morgan fingerprint density at radius 3 is 2.58 bits per heavy atom. The Morgan fingerprint density at radius 2 is 1.96 bits per heavy atom. The third kappa shape index (κ3) is 2.76. The fourth-order valence-electron chi connectivity index (χ4n) is 3.31. The Morgan fingerprint density at radius 1 is 1.29 bits per heavy atom. The summed E-state index contributed by atoms with van der Waals surface area (Å²) >= 11 is 0. The maximum atomic E-state index is 14.0. The summed E-state index contributed by atoms with van der Waals surface area (Å²) in [5.74, 6) is -3.73. The number of carboxylic acids is 1. The van der Waals surface area contributed by atoms with E-state index in [-0.39, 0.29) is 6.61 Å². The zero-order chi connectivity index (χ0) is 17.5. The fourth-order valence-corrected chi connectivity index (χ4v) is 3.31. The van der Waals surface area contributed by atoms with Gasteiger partial charge in [-0.1, -0.05) is 0 Å². The Balaban J connectivity index is 2.00. The molecule has 1 aromatic rings. The number of ether oxygens (including phenoxy) is 1. The van der Waals surface area contributed by atoms with Gasteiger partial charge in [0.1, 0.15) is 17.4 Å². The van der Waals surface area contributed by atoms with Crippen LogP contribution < -0.4 is 0 Å². The largest absolute Gasteiger partial charge is 0.480 e. The first-order valence-corrected chi connectivity index (χ1v) is 7.68. The predicted octanol–water partition coefficient (Wildman–Crippen LogP) is 1.31. The molecule has 2 heterocycles. The maximum absolute atomic E-state index is 14.0. The summed E-state index contributed by atoms with van der Waals surface area (Å²) in [5, 5.41) is 9.42. The zero-order valence-corrected chi connectivity index (χ0v) is 13.2. The Labute approximate surface area is 137 Å². The number of carboxylic acid groups (broad SMARTS) is 1. The van der Waals surface area contributed by atoms with Crippen molar-refractivity contribution in [3.63, 3.8) is 0 Å². The second-order valence-electron chi connectivity index (χ2n) is 6.21. The highest BCUT2D eigenvalue weighted by Gasteiger charge is 2.54. The van der Waals surface area contributed by atoms with E-state index in [1.54, 1.807) is 0 Å². The van der Waals surface area contributed by atoms with Crippen LogP contribution in [-0.4, -0.2) is 65.3 Å². The third-order valence-electron chi connectivity index (χ3n) is 4.69. The van der Waals surface area contributed by atoms with Crippen molar-refractivity contribution in [3.05, 3.63) is 35.4 Å². The Kier molecular flexibility index (Phi) is 4.27. The number of aliphatic carboxylic acids is 1. The quantitative estimate of drug-likeness (QED) is 0.879. The molecule has 1 aromatic carbocycles. The first-order valence-electron chi connectivity index (χ1n) is 7.68. The molecule has 0 aliphatic carbocycles. The van der Waals surface area contributed by atoms with Gasteiger partial charge in [-0.3, -0.25) is 9.69 Å². The zero-order valence-electron chi connectivity index (χ0n) is 13.2. The van der Waals surface area contributed by atoms with E-state index in [1.807, 2.05) is 11.9 Å². The van der Waals surface area contributed by atoms with Crippen LogP contribution in [0, 0.1) is 11.6 Å². The fraction of sp³-hybridized carbons (Fsp3) is 0.500. The second kappa shape index (κ2) is 6.10. The number of hydrogen-bond donors (Lipinski definition) is 1. The molecule has 24 heavy (non-hydrogen) atoms. The standard InChI is InChI=1S/C16H18F2N2O4/c1-19-6-4-16(5-7-19)20(13(9-24-16)15(22)23)14(21)11-8-10(17)2-3-12(11)18/h2-3,8,13H,4-7,9H2,1H3,(H,22,23)/t13-/m0/s1. The molecular formula is C16H18F2N2O4. The molecule has 1 spiro atoms. The molecule has 1 amide bonds. The van der Waals surface area contributed by atoms with Crippen LogP contribution in [0.25, 0.3) is 0 Å². The highest BCUT2D eigenvalue weighted by Crippen LogP contribution is 2.38. The van der Waals surface area contributed by atoms with E-state index in [9.17, 15) is 23.5 Å². The smallest absolute Gasteiger partial charge is 0.328 e. The lowest BCUT2D eigenvalue weighted by atomic mass is 9.97. The van der Waals surface area contributed by atoms with Gasteiger partial charge in [-0.2, -0.15) is 0 Å². The highest BCUT2D eigenvalue weighted by atomic mass is 19.1. The van der Waals surface area contributed by atoms with Gasteiger partial charge in [0, 0.05) is 25.9 Å². The number of piperidine rings is 1. The number of carbonyl (C=O) groups excluding carboxylic acids is 1. The van der Waals surface area contributed by atoms with E-state index in [0.29, 0.717) is 25.9 Å². The van der Waals surface area contributed by atoms with Crippen molar-refractivity contribution in [2.24, 2.45) is 0 Å². The molecule has 0 aromatic heterocycles. The number of rotatable bonds is 2. The number of carbonyl (C=O) groups is 2. The molecule has 1 N–H and O–H groups in total. The average Bonchev–Trinajstić information content (AvgIpc) is 2.91. The molecule has 0 saturated carbocycles. The van der Waals surface area contributed by atoms with Gasteiger partial charge in [0.2, 0.25) is 0 Å². The van der Waals surface area contributed by atoms with Crippen molar-refractivity contribution in [2.75, 3.05) is 26.7 Å². The number of nitrogens with zero attached hydrogens (tertiary/aromatic N) is 2. The molecule has 2 saturated heterocycles. The minimum Gasteiger partial charge on any atom is -0.480 e. The number of likely N-dealkylation sites (tertiary alicyclic amines) is 1. The summed E-state index contributed by atoms with van der Waals surface area (Å²) < 4.78 is 33.2. The minimum atomic E-state index is -1.23. The van der Waals surface area contributed by atoms with Crippen LogP contribution in [0.5, 0.6) is 0 Å². The third-order valence-corrected chi connectivity index (χ3v) is 4.69. The van der Waals surface area contributed by atoms with E-state index in [2.05, 4.69) is 0 Å². The van der Waals surface area contributed by atoms with Crippen LogP contribution in [0.3, 0.4) is 0 Å². The Bertz CT molecular complexity index is 674. The van der Waals surface area contributed by atoms with Gasteiger partial charge < -0.3 is 14.7 Å².